The Balaban J connectivity index is 1.77. The van der Waals surface area contributed by atoms with Crippen LogP contribution in [0.3, 0.4) is 0 Å². The number of nitrogens with zero attached hydrogens (tertiary/aromatic N) is 2. The predicted octanol–water partition coefficient (Wildman–Crippen LogP) is 2.42. The third kappa shape index (κ3) is 3.25. The van der Waals surface area contributed by atoms with Crippen molar-refractivity contribution in [1.82, 2.24) is 4.90 Å². The quantitative estimate of drug-likeness (QED) is 0.837. The number of hydrogen-bond donors (Lipinski definition) is 1. The maximum absolute atomic E-state index is 12.1. The number of aromatic hydroxyl groups is 1. The number of phenolic OH excluding ortho intramolecular Hbond substituents is 1. The Morgan fingerprint density at radius 1 is 1.36 bits per heavy atom. The molecule has 22 heavy (non-hydrogen) atoms. The molecule has 7 heteroatoms. The van der Waals surface area contributed by atoms with Gasteiger partial charge >= 0.3 is 0 Å². The summed E-state index contributed by atoms with van der Waals surface area (Å²) in [5, 5.41) is 10.4. The van der Waals surface area contributed by atoms with E-state index in [0.29, 0.717) is 10.7 Å². The lowest BCUT2D eigenvalue weighted by Crippen LogP contribution is -2.35. The summed E-state index contributed by atoms with van der Waals surface area (Å²) >= 11 is 3.34. The molecule has 0 saturated carbocycles. The number of phenols is 1. The molecule has 0 atom stereocenters. The maximum Gasteiger partial charge on any atom is 0.286 e. The lowest BCUT2D eigenvalue weighted by atomic mass is 10.2. The SMILES string of the molecule is COc1cc(C=C2SC(N3CCSCC3)=NC2=O)ccc1O. The van der Waals surface area contributed by atoms with Crippen LogP contribution in [0.15, 0.2) is 28.1 Å². The van der Waals surface area contributed by atoms with E-state index in [4.69, 9.17) is 4.74 Å². The summed E-state index contributed by atoms with van der Waals surface area (Å²) in [6.45, 7) is 1.87. The first-order valence-electron chi connectivity index (χ1n) is 6.89. The fourth-order valence-electron chi connectivity index (χ4n) is 2.22. The monoisotopic (exact) mass is 336 g/mol. The van der Waals surface area contributed by atoms with Crippen molar-refractivity contribution in [3.05, 3.63) is 28.7 Å². The number of carbonyl (C=O) groups excluding carboxylic acids is 1. The van der Waals surface area contributed by atoms with E-state index in [1.165, 1.54) is 18.9 Å². The van der Waals surface area contributed by atoms with Gasteiger partial charge in [-0.25, -0.2) is 0 Å². The van der Waals surface area contributed by atoms with Crippen molar-refractivity contribution in [2.24, 2.45) is 4.99 Å². The van der Waals surface area contributed by atoms with E-state index < -0.39 is 0 Å². The molecule has 1 N–H and O–H groups in total. The second-order valence-corrected chi connectivity index (χ2v) is 7.07. The first kappa shape index (κ1) is 15.3. The number of amides is 1. The average molecular weight is 336 g/mol. The van der Waals surface area contributed by atoms with E-state index in [2.05, 4.69) is 9.89 Å². The van der Waals surface area contributed by atoms with Crippen molar-refractivity contribution >= 4 is 40.7 Å². The molecule has 2 heterocycles. The molecule has 1 aromatic carbocycles. The third-order valence-electron chi connectivity index (χ3n) is 3.39. The first-order chi connectivity index (χ1) is 10.7. The molecule has 116 valence electrons. The van der Waals surface area contributed by atoms with Gasteiger partial charge < -0.3 is 14.7 Å². The molecule has 0 spiro atoms. The third-order valence-corrected chi connectivity index (χ3v) is 5.38. The van der Waals surface area contributed by atoms with E-state index in [-0.39, 0.29) is 11.7 Å². The zero-order chi connectivity index (χ0) is 15.5. The van der Waals surface area contributed by atoms with Gasteiger partial charge in [-0.1, -0.05) is 6.07 Å². The summed E-state index contributed by atoms with van der Waals surface area (Å²) in [6.07, 6.45) is 1.78. The van der Waals surface area contributed by atoms with Crippen molar-refractivity contribution in [2.45, 2.75) is 0 Å². The molecule has 2 aliphatic rings. The Hall–Kier alpha value is -1.60. The molecule has 1 amide bonds. The van der Waals surface area contributed by atoms with Gasteiger partial charge in [0.2, 0.25) is 0 Å². The van der Waals surface area contributed by atoms with Crippen LogP contribution in [0.5, 0.6) is 11.5 Å². The Kier molecular flexibility index (Phi) is 4.63. The van der Waals surface area contributed by atoms with Crippen LogP contribution in [0.4, 0.5) is 0 Å². The second-order valence-electron chi connectivity index (χ2n) is 4.84. The minimum Gasteiger partial charge on any atom is -0.504 e. The Labute approximate surface area is 137 Å². The Morgan fingerprint density at radius 2 is 2.14 bits per heavy atom. The lowest BCUT2D eigenvalue weighted by molar-refractivity contribution is -0.113. The van der Waals surface area contributed by atoms with Crippen molar-refractivity contribution in [3.63, 3.8) is 0 Å². The largest absolute Gasteiger partial charge is 0.504 e. The van der Waals surface area contributed by atoms with Gasteiger partial charge in [0, 0.05) is 24.6 Å². The Morgan fingerprint density at radius 3 is 2.86 bits per heavy atom. The van der Waals surface area contributed by atoms with Crippen LogP contribution < -0.4 is 4.74 Å². The van der Waals surface area contributed by atoms with Crippen LogP contribution >= 0.6 is 23.5 Å². The van der Waals surface area contributed by atoms with Gasteiger partial charge in [-0.05, 0) is 35.5 Å². The summed E-state index contributed by atoms with van der Waals surface area (Å²) in [5.74, 6) is 2.41. The van der Waals surface area contributed by atoms with Gasteiger partial charge in [0.25, 0.3) is 5.91 Å². The van der Waals surface area contributed by atoms with Crippen LogP contribution in [0, 0.1) is 0 Å². The lowest BCUT2D eigenvalue weighted by Gasteiger charge is -2.26. The highest BCUT2D eigenvalue weighted by molar-refractivity contribution is 8.18. The van der Waals surface area contributed by atoms with Crippen LogP contribution in [-0.4, -0.2) is 52.8 Å². The number of hydrogen-bond acceptors (Lipinski definition) is 6. The standard InChI is InChI=1S/C15H16N2O3S2/c1-20-12-8-10(2-3-11(12)18)9-13-14(19)16-15(22-13)17-4-6-21-7-5-17/h2-3,8-9,18H,4-7H2,1H3. The number of ether oxygens (including phenoxy) is 1. The highest BCUT2D eigenvalue weighted by atomic mass is 32.2. The molecule has 0 bridgehead atoms. The fraction of sp³-hybridized carbons (Fsp3) is 0.333. The number of methoxy groups -OCH3 is 1. The van der Waals surface area contributed by atoms with Crippen LogP contribution in [0.2, 0.25) is 0 Å². The number of amidine groups is 1. The number of thioether (sulfide) groups is 2. The molecule has 3 rings (SSSR count). The normalized spacial score (nSPS) is 20.4. The smallest absolute Gasteiger partial charge is 0.286 e. The minimum atomic E-state index is -0.203. The van der Waals surface area contributed by atoms with Crippen molar-refractivity contribution in [2.75, 3.05) is 31.7 Å². The number of aliphatic imine (C=N–C) groups is 1. The highest BCUT2D eigenvalue weighted by Crippen LogP contribution is 2.33. The van der Waals surface area contributed by atoms with Crippen molar-refractivity contribution in [1.29, 1.82) is 0 Å². The van der Waals surface area contributed by atoms with Gasteiger partial charge in [-0.3, -0.25) is 4.79 Å². The molecule has 2 aliphatic heterocycles. The molecular formula is C15H16N2O3S2. The predicted molar refractivity (Wildman–Crippen MR) is 91.6 cm³/mol. The molecule has 0 aromatic heterocycles. The zero-order valence-electron chi connectivity index (χ0n) is 12.1. The van der Waals surface area contributed by atoms with Gasteiger partial charge in [-0.15, -0.1) is 0 Å². The van der Waals surface area contributed by atoms with Gasteiger partial charge in [-0.2, -0.15) is 16.8 Å². The van der Waals surface area contributed by atoms with E-state index in [0.717, 1.165) is 35.3 Å². The van der Waals surface area contributed by atoms with Crippen molar-refractivity contribution in [3.8, 4) is 11.5 Å². The molecule has 0 unspecified atom stereocenters. The number of rotatable bonds is 2. The molecule has 1 fully saturated rings. The summed E-state index contributed by atoms with van der Waals surface area (Å²) in [7, 11) is 1.50. The number of carbonyl (C=O) groups is 1. The average Bonchev–Trinajstić information content (AvgIpc) is 2.91. The summed E-state index contributed by atoms with van der Waals surface area (Å²) in [5.41, 5.74) is 0.802. The van der Waals surface area contributed by atoms with Gasteiger partial charge in [0.15, 0.2) is 16.7 Å². The first-order valence-corrected chi connectivity index (χ1v) is 8.87. The van der Waals surface area contributed by atoms with Crippen LogP contribution in [0.1, 0.15) is 5.56 Å². The summed E-state index contributed by atoms with van der Waals surface area (Å²) < 4.78 is 5.08. The second kappa shape index (κ2) is 6.66. The van der Waals surface area contributed by atoms with Crippen LogP contribution in [0.25, 0.3) is 6.08 Å². The molecule has 1 aromatic rings. The van der Waals surface area contributed by atoms with E-state index in [1.54, 1.807) is 24.3 Å². The van der Waals surface area contributed by atoms with E-state index in [9.17, 15) is 9.90 Å². The molecular weight excluding hydrogens is 320 g/mol. The molecule has 1 saturated heterocycles. The van der Waals surface area contributed by atoms with Crippen molar-refractivity contribution < 1.29 is 14.6 Å². The fourth-order valence-corrected chi connectivity index (χ4v) is 4.09. The topological polar surface area (TPSA) is 62.1 Å². The molecule has 0 aliphatic carbocycles. The molecule has 5 nitrogen and oxygen atoms in total. The minimum absolute atomic E-state index is 0.0813. The van der Waals surface area contributed by atoms with E-state index in [1.807, 2.05) is 11.8 Å². The van der Waals surface area contributed by atoms with Gasteiger partial charge in [0.1, 0.15) is 0 Å². The Bertz CT molecular complexity index is 652. The maximum atomic E-state index is 12.1. The summed E-state index contributed by atoms with van der Waals surface area (Å²) in [6, 6.07) is 5.00. The highest BCUT2D eigenvalue weighted by Gasteiger charge is 2.27. The summed E-state index contributed by atoms with van der Waals surface area (Å²) in [4.78, 5) is 19.0. The molecule has 0 radical (unpaired) electrons. The van der Waals surface area contributed by atoms with Gasteiger partial charge in [0.05, 0.1) is 12.0 Å². The zero-order valence-corrected chi connectivity index (χ0v) is 13.7. The number of benzene rings is 1. The van der Waals surface area contributed by atoms with E-state index >= 15 is 0 Å². The van der Waals surface area contributed by atoms with Crippen LogP contribution in [-0.2, 0) is 4.79 Å².